The number of rotatable bonds is 4. The molecule has 0 atom stereocenters. The highest BCUT2D eigenvalue weighted by Crippen LogP contribution is 2.29. The van der Waals surface area contributed by atoms with E-state index >= 15 is 0 Å². The van der Waals surface area contributed by atoms with Crippen LogP contribution >= 0.6 is 15.9 Å². The van der Waals surface area contributed by atoms with Gasteiger partial charge in [0.15, 0.2) is 0 Å². The molecule has 0 spiro atoms. The monoisotopic (exact) mass is 335 g/mol. The molecule has 0 N–H and O–H groups in total. The van der Waals surface area contributed by atoms with Crippen molar-refractivity contribution in [1.82, 2.24) is 0 Å². The van der Waals surface area contributed by atoms with Crippen LogP contribution in [0, 0.1) is 10.1 Å². The third-order valence-corrected chi connectivity index (χ3v) is 3.23. The summed E-state index contributed by atoms with van der Waals surface area (Å²) in [5.74, 6) is -0.686. The number of carbonyl (C=O) groups is 1. The van der Waals surface area contributed by atoms with Gasteiger partial charge in [0, 0.05) is 11.4 Å². The van der Waals surface area contributed by atoms with E-state index in [0.717, 1.165) is 5.56 Å². The lowest BCUT2D eigenvalue weighted by Crippen LogP contribution is -2.09. The van der Waals surface area contributed by atoms with Gasteiger partial charge in [-0.3, -0.25) is 10.1 Å². The summed E-state index contributed by atoms with van der Waals surface area (Å²) in [6.45, 7) is 0. The molecule has 2 rings (SSSR count). The normalized spacial score (nSPS) is 10.1. The molecule has 5 nitrogen and oxygen atoms in total. The average molecular weight is 336 g/mol. The molecular weight excluding hydrogens is 326 g/mol. The molecule has 20 heavy (non-hydrogen) atoms. The van der Waals surface area contributed by atoms with E-state index in [-0.39, 0.29) is 11.4 Å². The van der Waals surface area contributed by atoms with Crippen LogP contribution in [0.4, 0.5) is 5.69 Å². The molecule has 0 aromatic heterocycles. The number of esters is 1. The number of hydrogen-bond acceptors (Lipinski definition) is 4. The fraction of sp³-hybridized carbons (Fsp3) is 0.0714. The second kappa shape index (κ2) is 6.29. The summed E-state index contributed by atoms with van der Waals surface area (Å²) >= 11 is 3.22. The predicted molar refractivity (Wildman–Crippen MR) is 77.1 cm³/mol. The van der Waals surface area contributed by atoms with E-state index < -0.39 is 10.9 Å². The van der Waals surface area contributed by atoms with Gasteiger partial charge in [0.2, 0.25) is 5.75 Å². The van der Waals surface area contributed by atoms with Gasteiger partial charge < -0.3 is 4.74 Å². The molecule has 2 aromatic rings. The second-order valence-electron chi connectivity index (χ2n) is 3.95. The Hall–Kier alpha value is -2.21. The SMILES string of the molecule is O=C(Oc1ccc(CBr)cc1[N+](=O)[O-])c1ccccc1. The van der Waals surface area contributed by atoms with Crippen molar-refractivity contribution in [3.05, 3.63) is 69.8 Å². The molecule has 2 aromatic carbocycles. The van der Waals surface area contributed by atoms with E-state index in [4.69, 9.17) is 4.74 Å². The number of hydrogen-bond donors (Lipinski definition) is 0. The molecule has 6 heteroatoms. The molecule has 0 radical (unpaired) electrons. The van der Waals surface area contributed by atoms with E-state index in [1.54, 1.807) is 36.4 Å². The van der Waals surface area contributed by atoms with Crippen molar-refractivity contribution in [3.63, 3.8) is 0 Å². The second-order valence-corrected chi connectivity index (χ2v) is 4.51. The molecule has 0 saturated carbocycles. The third kappa shape index (κ3) is 3.21. The number of nitro benzene ring substituents is 1. The number of carbonyl (C=O) groups excluding carboxylic acids is 1. The van der Waals surface area contributed by atoms with Gasteiger partial charge in [-0.25, -0.2) is 4.79 Å². The summed E-state index contributed by atoms with van der Waals surface area (Å²) in [6, 6.07) is 12.8. The summed E-state index contributed by atoms with van der Waals surface area (Å²) in [4.78, 5) is 22.3. The first kappa shape index (κ1) is 14.2. The summed E-state index contributed by atoms with van der Waals surface area (Å²) in [5, 5.41) is 11.5. The predicted octanol–water partition coefficient (Wildman–Crippen LogP) is 3.71. The molecule has 0 bridgehead atoms. The molecule has 0 aliphatic rings. The third-order valence-electron chi connectivity index (χ3n) is 2.59. The minimum absolute atomic E-state index is 0.0615. The quantitative estimate of drug-likeness (QED) is 0.281. The van der Waals surface area contributed by atoms with Crippen LogP contribution in [0.25, 0.3) is 0 Å². The Morgan fingerprint density at radius 2 is 1.90 bits per heavy atom. The van der Waals surface area contributed by atoms with Gasteiger partial charge in [-0.05, 0) is 23.8 Å². The van der Waals surface area contributed by atoms with Crippen molar-refractivity contribution in [2.24, 2.45) is 0 Å². The number of nitrogens with zero attached hydrogens (tertiary/aromatic N) is 1. The van der Waals surface area contributed by atoms with Crippen molar-refractivity contribution in [1.29, 1.82) is 0 Å². The van der Waals surface area contributed by atoms with Crippen molar-refractivity contribution in [2.75, 3.05) is 0 Å². The fourth-order valence-corrected chi connectivity index (χ4v) is 1.96. The average Bonchev–Trinajstić information content (AvgIpc) is 2.48. The summed E-state index contributed by atoms with van der Waals surface area (Å²) in [6.07, 6.45) is 0. The molecule has 0 aliphatic carbocycles. The van der Waals surface area contributed by atoms with E-state index in [0.29, 0.717) is 10.9 Å². The highest BCUT2D eigenvalue weighted by molar-refractivity contribution is 9.08. The first-order valence-corrected chi connectivity index (χ1v) is 6.84. The van der Waals surface area contributed by atoms with E-state index in [1.165, 1.54) is 12.1 Å². The van der Waals surface area contributed by atoms with Crippen LogP contribution in [-0.4, -0.2) is 10.9 Å². The minimum atomic E-state index is -0.625. The van der Waals surface area contributed by atoms with Crippen molar-refractivity contribution < 1.29 is 14.5 Å². The van der Waals surface area contributed by atoms with Crippen LogP contribution in [0.5, 0.6) is 5.75 Å². The Kier molecular flexibility index (Phi) is 4.47. The molecule has 0 fully saturated rings. The first-order valence-electron chi connectivity index (χ1n) is 5.72. The van der Waals surface area contributed by atoms with E-state index in [9.17, 15) is 14.9 Å². The van der Waals surface area contributed by atoms with Gasteiger partial charge >= 0.3 is 11.7 Å². The maximum Gasteiger partial charge on any atom is 0.343 e. The van der Waals surface area contributed by atoms with E-state index in [1.807, 2.05) is 0 Å². The number of halogens is 1. The van der Waals surface area contributed by atoms with E-state index in [2.05, 4.69) is 15.9 Å². The van der Waals surface area contributed by atoms with Gasteiger partial charge in [0.25, 0.3) is 0 Å². The first-order chi connectivity index (χ1) is 9.61. The topological polar surface area (TPSA) is 69.4 Å². The Morgan fingerprint density at radius 3 is 2.50 bits per heavy atom. The fourth-order valence-electron chi connectivity index (χ4n) is 1.61. The van der Waals surface area contributed by atoms with Crippen molar-refractivity contribution in [2.45, 2.75) is 5.33 Å². The van der Waals surface area contributed by atoms with Crippen LogP contribution in [0.1, 0.15) is 15.9 Å². The van der Waals surface area contributed by atoms with Crippen LogP contribution in [-0.2, 0) is 5.33 Å². The summed E-state index contributed by atoms with van der Waals surface area (Å²) in [5.41, 5.74) is 0.841. The minimum Gasteiger partial charge on any atom is -0.416 e. The zero-order valence-electron chi connectivity index (χ0n) is 10.3. The largest absolute Gasteiger partial charge is 0.416 e. The van der Waals surface area contributed by atoms with Crippen LogP contribution in [0.15, 0.2) is 48.5 Å². The maximum absolute atomic E-state index is 11.9. The van der Waals surface area contributed by atoms with Gasteiger partial charge in [-0.15, -0.1) is 0 Å². The van der Waals surface area contributed by atoms with Crippen LogP contribution < -0.4 is 4.74 Å². The lowest BCUT2D eigenvalue weighted by atomic mass is 10.2. The number of ether oxygens (including phenoxy) is 1. The smallest absolute Gasteiger partial charge is 0.343 e. The van der Waals surface area contributed by atoms with Gasteiger partial charge in [0.1, 0.15) is 0 Å². The summed E-state index contributed by atoms with van der Waals surface area (Å²) in [7, 11) is 0. The highest BCUT2D eigenvalue weighted by Gasteiger charge is 2.19. The van der Waals surface area contributed by atoms with Gasteiger partial charge in [-0.2, -0.15) is 0 Å². The lowest BCUT2D eigenvalue weighted by molar-refractivity contribution is -0.385. The zero-order valence-corrected chi connectivity index (χ0v) is 11.9. The van der Waals surface area contributed by atoms with Crippen LogP contribution in [0.3, 0.4) is 0 Å². The Labute approximate surface area is 123 Å². The Balaban J connectivity index is 2.29. The van der Waals surface area contributed by atoms with Gasteiger partial charge in [0.05, 0.1) is 10.5 Å². The molecule has 0 heterocycles. The zero-order chi connectivity index (χ0) is 14.5. The standard InChI is InChI=1S/C14H10BrNO4/c15-9-10-6-7-13(12(8-10)16(18)19)20-14(17)11-4-2-1-3-5-11/h1-8H,9H2. The van der Waals surface area contributed by atoms with Crippen LogP contribution in [0.2, 0.25) is 0 Å². The molecule has 102 valence electrons. The molecular formula is C14H10BrNO4. The Morgan fingerprint density at radius 1 is 1.20 bits per heavy atom. The number of nitro groups is 1. The lowest BCUT2D eigenvalue weighted by Gasteiger charge is -2.06. The molecule has 0 aliphatic heterocycles. The number of benzene rings is 2. The molecule has 0 amide bonds. The van der Waals surface area contributed by atoms with Gasteiger partial charge in [-0.1, -0.05) is 40.2 Å². The number of alkyl halides is 1. The molecule has 0 saturated heterocycles. The van der Waals surface area contributed by atoms with Crippen molar-refractivity contribution >= 4 is 27.6 Å². The summed E-state index contributed by atoms with van der Waals surface area (Å²) < 4.78 is 5.10. The maximum atomic E-state index is 11.9. The van der Waals surface area contributed by atoms with Crippen molar-refractivity contribution in [3.8, 4) is 5.75 Å². The molecule has 0 unspecified atom stereocenters. The highest BCUT2D eigenvalue weighted by atomic mass is 79.9. The Bertz CT molecular complexity index is 643.